The van der Waals surface area contributed by atoms with Gasteiger partial charge >= 0.3 is 0 Å². The Bertz CT molecular complexity index is 3090. The Labute approximate surface area is 399 Å². The average molecular weight is 919 g/mol. The summed E-state index contributed by atoms with van der Waals surface area (Å²) in [4.78, 5) is 20.6. The Balaban J connectivity index is 1.14. The van der Waals surface area contributed by atoms with Crippen LogP contribution in [0.25, 0.3) is 11.2 Å². The largest absolute Gasteiger partial charge is 0.457 e. The van der Waals surface area contributed by atoms with Crippen LogP contribution in [0.3, 0.4) is 0 Å². The number of benzene rings is 6. The average Bonchev–Trinajstić information content (AvgIpc) is 3.95. The summed E-state index contributed by atoms with van der Waals surface area (Å²) in [6, 6.07) is 51.9. The van der Waals surface area contributed by atoms with Crippen molar-refractivity contribution in [2.24, 2.45) is 4.99 Å². The molecule has 1 N–H and O–H groups in total. The van der Waals surface area contributed by atoms with Crippen LogP contribution in [0.15, 0.2) is 175 Å². The lowest BCUT2D eigenvalue weighted by Crippen LogP contribution is -2.66. The number of imidazole rings is 1. The molecule has 8 aromatic rings. The minimum Gasteiger partial charge on any atom is -0.457 e. The van der Waals surface area contributed by atoms with Gasteiger partial charge in [-0.1, -0.05) is 133 Å². The highest BCUT2D eigenvalue weighted by Gasteiger charge is 2.72. The summed E-state index contributed by atoms with van der Waals surface area (Å²) in [6.45, 7) is 0.349. The van der Waals surface area contributed by atoms with Gasteiger partial charge in [-0.3, -0.25) is 4.57 Å². The van der Waals surface area contributed by atoms with Gasteiger partial charge in [0.2, 0.25) is 0 Å². The van der Waals surface area contributed by atoms with E-state index < -0.39 is 41.3 Å². The second-order valence-corrected chi connectivity index (χ2v) is 18.1. The molecule has 5 atom stereocenters. The molecule has 12 rings (SSSR count). The van der Waals surface area contributed by atoms with E-state index in [9.17, 15) is 0 Å². The van der Waals surface area contributed by atoms with Crippen LogP contribution >= 0.6 is 0 Å². The summed E-state index contributed by atoms with van der Waals surface area (Å²) in [5.74, 6) is 2.86. The maximum absolute atomic E-state index is 15.3. The van der Waals surface area contributed by atoms with Crippen molar-refractivity contribution in [3.63, 3.8) is 0 Å². The molecule has 0 saturated carbocycles. The van der Waals surface area contributed by atoms with Gasteiger partial charge in [0, 0.05) is 43.0 Å². The van der Waals surface area contributed by atoms with Gasteiger partial charge in [0.15, 0.2) is 35.1 Å². The van der Waals surface area contributed by atoms with Gasteiger partial charge in [-0.05, 0) is 54.7 Å². The number of aromatic nitrogens is 4. The first-order chi connectivity index (χ1) is 33.9. The molecular weight excluding hydrogens is 869 g/mol. The zero-order chi connectivity index (χ0) is 46.6. The molecule has 0 amide bonds. The quantitative estimate of drug-likeness (QED) is 0.0982. The van der Waals surface area contributed by atoms with Crippen LogP contribution in [0, 0.1) is 0 Å². The summed E-state index contributed by atoms with van der Waals surface area (Å²) in [5, 5.41) is 15.3. The molecule has 346 valence electrons. The number of hydrogen-bond acceptors (Lipinski definition) is 11. The molecule has 0 radical (unpaired) electrons. The van der Waals surface area contributed by atoms with E-state index in [-0.39, 0.29) is 6.61 Å². The van der Waals surface area contributed by atoms with Crippen molar-refractivity contribution in [3.05, 3.63) is 204 Å². The molecule has 13 nitrogen and oxygen atoms in total. The van der Waals surface area contributed by atoms with E-state index in [0.29, 0.717) is 53.0 Å². The van der Waals surface area contributed by atoms with Crippen molar-refractivity contribution in [2.45, 2.75) is 60.6 Å². The molecule has 1 unspecified atom stereocenters. The minimum atomic E-state index is -2.05. The van der Waals surface area contributed by atoms with Gasteiger partial charge in [-0.15, -0.1) is 0 Å². The lowest BCUT2D eigenvalue weighted by molar-refractivity contribution is -0.239. The first kappa shape index (κ1) is 43.0. The lowest BCUT2D eigenvalue weighted by Gasteiger charge is -2.53. The van der Waals surface area contributed by atoms with Crippen LogP contribution in [0.2, 0.25) is 0 Å². The minimum absolute atomic E-state index is 0.157. The van der Waals surface area contributed by atoms with Gasteiger partial charge in [0.1, 0.15) is 47.1 Å². The molecule has 0 spiro atoms. The van der Waals surface area contributed by atoms with E-state index in [2.05, 4.69) is 34.2 Å². The van der Waals surface area contributed by atoms with E-state index in [1.807, 2.05) is 157 Å². The lowest BCUT2D eigenvalue weighted by atomic mass is 9.55. The number of para-hydroxylation sites is 4. The van der Waals surface area contributed by atoms with Crippen LogP contribution < -0.4 is 9.47 Å². The smallest absolute Gasteiger partial charge is 0.184 e. The molecule has 6 aromatic carbocycles. The molecule has 2 aromatic heterocycles. The zero-order valence-corrected chi connectivity index (χ0v) is 38.2. The number of ether oxygens (including phenoxy) is 6. The first-order valence-electron chi connectivity index (χ1n) is 23.4. The molecule has 0 aliphatic carbocycles. The van der Waals surface area contributed by atoms with Gasteiger partial charge in [0.05, 0.1) is 24.7 Å². The summed E-state index contributed by atoms with van der Waals surface area (Å²) in [5.41, 5.74) is 0.886. The van der Waals surface area contributed by atoms with Crippen LogP contribution in [0.4, 0.5) is 5.82 Å². The highest BCUT2D eigenvalue weighted by molar-refractivity contribution is 5.83. The fraction of sp³-hybridized carbons (Fsp3) is 0.250. The van der Waals surface area contributed by atoms with E-state index in [4.69, 9.17) is 38.4 Å². The van der Waals surface area contributed by atoms with Crippen LogP contribution in [-0.2, 0) is 30.0 Å². The third-order valence-corrected chi connectivity index (χ3v) is 13.9. The van der Waals surface area contributed by atoms with Gasteiger partial charge in [-0.25, -0.2) is 19.9 Å². The topological polar surface area (TPSA) is 135 Å². The molecule has 69 heavy (non-hydrogen) atoms. The van der Waals surface area contributed by atoms with E-state index in [0.717, 1.165) is 46.2 Å². The van der Waals surface area contributed by atoms with Gasteiger partial charge in [-0.2, -0.15) is 0 Å². The Morgan fingerprint density at radius 1 is 0.696 bits per heavy atom. The zero-order valence-electron chi connectivity index (χ0n) is 38.2. The maximum Gasteiger partial charge on any atom is 0.184 e. The molecule has 13 heteroatoms. The Morgan fingerprint density at radius 3 is 1.86 bits per heavy atom. The second-order valence-electron chi connectivity index (χ2n) is 18.1. The number of nitrogens with zero attached hydrogens (tertiary/aromatic N) is 6. The SMILES string of the molecule is CN(C)C=Nc1ncnc2c1ncn2[C@@H]1O[C@H](COC2(c3ccccc3)c3ccccc3Oc3ccccc32)[C@](O)(C2(c3ccccc3)c3ccccc3Oc3ccccc32)[C@H]1OC1CCCCO1. The van der Waals surface area contributed by atoms with Crippen molar-refractivity contribution in [1.82, 2.24) is 24.4 Å². The summed E-state index contributed by atoms with van der Waals surface area (Å²) >= 11 is 0. The molecule has 4 aliphatic rings. The molecule has 6 heterocycles. The molecular formula is C56H50N6O7. The first-order valence-corrected chi connectivity index (χ1v) is 23.4. The highest BCUT2D eigenvalue weighted by atomic mass is 16.7. The second kappa shape index (κ2) is 17.4. The molecule has 4 aliphatic heterocycles. The normalized spacial score (nSPS) is 23.0. The Kier molecular flexibility index (Phi) is 10.8. The predicted octanol–water partition coefficient (Wildman–Crippen LogP) is 9.84. The van der Waals surface area contributed by atoms with Crippen molar-refractivity contribution >= 4 is 23.3 Å². The number of hydrogen-bond donors (Lipinski definition) is 1. The summed E-state index contributed by atoms with van der Waals surface area (Å²) in [6.07, 6.45) is 3.08. The monoisotopic (exact) mass is 918 g/mol. The molecule has 2 fully saturated rings. The number of rotatable bonds is 11. The van der Waals surface area contributed by atoms with Crippen LogP contribution in [-0.4, -0.2) is 87.3 Å². The third-order valence-electron chi connectivity index (χ3n) is 13.9. The fourth-order valence-corrected chi connectivity index (χ4v) is 11.1. The fourth-order valence-electron chi connectivity index (χ4n) is 11.1. The Hall–Kier alpha value is -7.26. The van der Waals surface area contributed by atoms with Crippen LogP contribution in [0.1, 0.15) is 58.9 Å². The van der Waals surface area contributed by atoms with Gasteiger partial charge < -0.3 is 38.4 Å². The molecule has 2 saturated heterocycles. The third kappa shape index (κ3) is 6.79. The summed E-state index contributed by atoms with van der Waals surface area (Å²) < 4.78 is 44.4. The van der Waals surface area contributed by atoms with Crippen molar-refractivity contribution in [2.75, 3.05) is 27.3 Å². The maximum atomic E-state index is 15.3. The standard InChI is InChI=1S/C56H50N6O7/c1-61(2)35-60-51-49-52(58-34-57-51)62(36-59-49)53-50(69-48-31-17-18-32-64-48)56(63,54(37-19-5-3-6-20-37)39-23-9-13-27-43(39)66-44-28-14-10-24-40(44)54)47(68-53)33-65-55(38-21-7-4-8-22-38)41-25-11-15-29-45(41)67-46-30-16-12-26-42(46)55/h3-16,19-30,34-36,47-48,50,53,63H,17-18,31-33H2,1-2H3/t47-,48?,50+,53-,56-/m1/s1. The predicted molar refractivity (Wildman–Crippen MR) is 259 cm³/mol. The van der Waals surface area contributed by atoms with E-state index in [1.54, 1.807) is 12.7 Å². The van der Waals surface area contributed by atoms with Crippen molar-refractivity contribution in [1.29, 1.82) is 0 Å². The number of aliphatic imine (C=N–C) groups is 1. The van der Waals surface area contributed by atoms with Crippen molar-refractivity contribution in [3.8, 4) is 23.0 Å². The van der Waals surface area contributed by atoms with Gasteiger partial charge in [0.25, 0.3) is 0 Å². The van der Waals surface area contributed by atoms with Crippen LogP contribution in [0.5, 0.6) is 23.0 Å². The summed E-state index contributed by atoms with van der Waals surface area (Å²) in [7, 11) is 3.78. The highest BCUT2D eigenvalue weighted by Crippen LogP contribution is 2.63. The molecule has 0 bridgehead atoms. The Morgan fingerprint density at radius 2 is 1.26 bits per heavy atom. The number of fused-ring (bicyclic) bond motifs is 5. The van der Waals surface area contributed by atoms with E-state index >= 15 is 5.11 Å². The van der Waals surface area contributed by atoms with E-state index in [1.165, 1.54) is 6.33 Å². The van der Waals surface area contributed by atoms with Crippen molar-refractivity contribution < 1.29 is 33.5 Å². The number of aliphatic hydroxyl groups is 1.